The number of hydrogen-bond acceptors (Lipinski definition) is 3. The third-order valence-electron chi connectivity index (χ3n) is 5.14. The normalized spacial score (nSPS) is 29.0. The molecule has 3 rings (SSSR count). The number of methoxy groups -OCH3 is 1. The third-order valence-corrected chi connectivity index (χ3v) is 5.14. The lowest BCUT2D eigenvalue weighted by atomic mass is 10.0. The third kappa shape index (κ3) is 2.91. The van der Waals surface area contributed by atoms with Gasteiger partial charge in [-0.1, -0.05) is 12.1 Å². The number of rotatable bonds is 6. The van der Waals surface area contributed by atoms with Gasteiger partial charge in [0.15, 0.2) is 0 Å². The predicted octanol–water partition coefficient (Wildman–Crippen LogP) is 2.28. The molecular weight excluding hydrogens is 266 g/mol. The van der Waals surface area contributed by atoms with E-state index in [4.69, 9.17) is 9.84 Å². The van der Waals surface area contributed by atoms with E-state index < -0.39 is 5.97 Å². The molecule has 4 atom stereocenters. The Hall–Kier alpha value is -1.55. The van der Waals surface area contributed by atoms with E-state index in [2.05, 4.69) is 24.0 Å². The summed E-state index contributed by atoms with van der Waals surface area (Å²) in [6, 6.07) is 8.76. The van der Waals surface area contributed by atoms with Crippen molar-refractivity contribution in [3.63, 3.8) is 0 Å². The Balaban J connectivity index is 1.45. The van der Waals surface area contributed by atoms with Gasteiger partial charge in [-0.05, 0) is 49.3 Å². The zero-order chi connectivity index (χ0) is 15.0. The van der Waals surface area contributed by atoms with E-state index in [1.165, 1.54) is 5.56 Å². The van der Waals surface area contributed by atoms with Crippen molar-refractivity contribution < 1.29 is 14.6 Å². The van der Waals surface area contributed by atoms with Gasteiger partial charge in [0.2, 0.25) is 0 Å². The Labute approximate surface area is 125 Å². The Bertz CT molecular complexity index is 501. The number of aryl methyl sites for hydroxylation is 1. The van der Waals surface area contributed by atoms with E-state index in [-0.39, 0.29) is 5.92 Å². The molecule has 0 aromatic heterocycles. The number of piperidine rings is 1. The number of carboxylic acid groups (broad SMARTS) is 1. The summed E-state index contributed by atoms with van der Waals surface area (Å²) in [5.74, 6) is 1.05. The van der Waals surface area contributed by atoms with Crippen LogP contribution in [0.2, 0.25) is 0 Å². The van der Waals surface area contributed by atoms with E-state index in [1.807, 2.05) is 12.1 Å². The Kier molecular flexibility index (Phi) is 3.89. The van der Waals surface area contributed by atoms with Crippen molar-refractivity contribution in [1.82, 2.24) is 4.90 Å². The Morgan fingerprint density at radius 1 is 1.33 bits per heavy atom. The van der Waals surface area contributed by atoms with Crippen molar-refractivity contribution in [2.45, 2.75) is 25.8 Å². The predicted molar refractivity (Wildman–Crippen MR) is 80.5 cm³/mol. The summed E-state index contributed by atoms with van der Waals surface area (Å²) >= 11 is 0. The summed E-state index contributed by atoms with van der Waals surface area (Å²) in [4.78, 5) is 13.4. The second kappa shape index (κ2) is 5.68. The number of nitrogens with zero attached hydrogens (tertiary/aromatic N) is 1. The van der Waals surface area contributed by atoms with Gasteiger partial charge in [-0.15, -0.1) is 0 Å². The second-order valence-electron chi connectivity index (χ2n) is 6.38. The average Bonchev–Trinajstić information content (AvgIpc) is 3.01. The van der Waals surface area contributed by atoms with Gasteiger partial charge in [-0.3, -0.25) is 4.79 Å². The molecule has 0 amide bonds. The fourth-order valence-corrected chi connectivity index (χ4v) is 3.64. The van der Waals surface area contributed by atoms with Crippen LogP contribution in [0.1, 0.15) is 18.9 Å². The van der Waals surface area contributed by atoms with Crippen LogP contribution in [0.5, 0.6) is 5.75 Å². The first kappa shape index (κ1) is 14.4. The van der Waals surface area contributed by atoms with Gasteiger partial charge in [-0.25, -0.2) is 0 Å². The molecule has 1 saturated carbocycles. The lowest BCUT2D eigenvalue weighted by Gasteiger charge is -2.26. The van der Waals surface area contributed by atoms with Crippen LogP contribution in [0, 0.1) is 17.8 Å². The molecule has 0 bridgehead atoms. The maximum Gasteiger partial charge on any atom is 0.307 e. The van der Waals surface area contributed by atoms with Crippen LogP contribution in [0.25, 0.3) is 0 Å². The number of likely N-dealkylation sites (tertiary alicyclic amines) is 1. The lowest BCUT2D eigenvalue weighted by molar-refractivity contribution is -0.139. The number of carboxylic acids is 1. The van der Waals surface area contributed by atoms with Crippen molar-refractivity contribution >= 4 is 5.97 Å². The fraction of sp³-hybridized carbons (Fsp3) is 0.588. The first-order valence-electron chi connectivity index (χ1n) is 7.70. The van der Waals surface area contributed by atoms with Crippen molar-refractivity contribution in [3.05, 3.63) is 29.8 Å². The van der Waals surface area contributed by atoms with Gasteiger partial charge >= 0.3 is 5.97 Å². The molecule has 1 saturated heterocycles. The van der Waals surface area contributed by atoms with Gasteiger partial charge in [0.1, 0.15) is 5.75 Å². The molecule has 2 fully saturated rings. The summed E-state index contributed by atoms with van der Waals surface area (Å²) < 4.78 is 5.17. The highest BCUT2D eigenvalue weighted by Crippen LogP contribution is 2.52. The molecule has 0 radical (unpaired) electrons. The van der Waals surface area contributed by atoms with Gasteiger partial charge in [0, 0.05) is 19.1 Å². The van der Waals surface area contributed by atoms with Crippen molar-refractivity contribution in [2.24, 2.45) is 17.8 Å². The number of fused-ring (bicyclic) bond motifs is 1. The van der Waals surface area contributed by atoms with Crippen LogP contribution in [-0.2, 0) is 11.2 Å². The van der Waals surface area contributed by atoms with Gasteiger partial charge < -0.3 is 14.7 Å². The molecule has 1 heterocycles. The number of ether oxygens (including phenoxy) is 1. The molecule has 1 N–H and O–H groups in total. The lowest BCUT2D eigenvalue weighted by Crippen LogP contribution is -2.34. The highest BCUT2D eigenvalue weighted by atomic mass is 16.5. The monoisotopic (exact) mass is 289 g/mol. The van der Waals surface area contributed by atoms with Crippen LogP contribution >= 0.6 is 0 Å². The van der Waals surface area contributed by atoms with Crippen LogP contribution in [-0.4, -0.2) is 42.2 Å². The zero-order valence-corrected chi connectivity index (χ0v) is 12.7. The summed E-state index contributed by atoms with van der Waals surface area (Å²) in [7, 11) is 1.68. The van der Waals surface area contributed by atoms with Crippen LogP contribution < -0.4 is 4.74 Å². The van der Waals surface area contributed by atoms with E-state index in [0.717, 1.165) is 31.7 Å². The minimum Gasteiger partial charge on any atom is -0.497 e. The van der Waals surface area contributed by atoms with Crippen molar-refractivity contribution in [3.8, 4) is 5.75 Å². The first-order valence-corrected chi connectivity index (χ1v) is 7.70. The van der Waals surface area contributed by atoms with E-state index in [1.54, 1.807) is 7.11 Å². The SMILES string of the molecule is COc1ccc(CC[C@@H](C)N2C[C@@H]3C(C(=O)O)[C@@H]3C2)cc1. The molecule has 4 heteroatoms. The fourth-order valence-electron chi connectivity index (χ4n) is 3.64. The largest absolute Gasteiger partial charge is 0.497 e. The smallest absolute Gasteiger partial charge is 0.307 e. The van der Waals surface area contributed by atoms with Crippen molar-refractivity contribution in [2.75, 3.05) is 20.2 Å². The summed E-state index contributed by atoms with van der Waals surface area (Å²) in [6.45, 7) is 4.18. The van der Waals surface area contributed by atoms with E-state index >= 15 is 0 Å². The Morgan fingerprint density at radius 3 is 2.48 bits per heavy atom. The van der Waals surface area contributed by atoms with Crippen LogP contribution in [0.3, 0.4) is 0 Å². The minimum atomic E-state index is -0.601. The highest BCUT2D eigenvalue weighted by molar-refractivity contribution is 5.74. The molecule has 1 aromatic rings. The molecule has 0 spiro atoms. The highest BCUT2D eigenvalue weighted by Gasteiger charge is 2.59. The van der Waals surface area contributed by atoms with Gasteiger partial charge in [0.25, 0.3) is 0 Å². The molecular formula is C17H23NO3. The van der Waals surface area contributed by atoms with E-state index in [0.29, 0.717) is 17.9 Å². The average molecular weight is 289 g/mol. The molecule has 21 heavy (non-hydrogen) atoms. The number of benzene rings is 1. The minimum absolute atomic E-state index is 0.0601. The quantitative estimate of drug-likeness (QED) is 0.873. The maximum atomic E-state index is 11.0. The number of hydrogen-bond donors (Lipinski definition) is 1. The summed E-state index contributed by atoms with van der Waals surface area (Å²) in [5, 5.41) is 9.05. The molecule has 1 aromatic carbocycles. The molecule has 1 aliphatic carbocycles. The van der Waals surface area contributed by atoms with Gasteiger partial charge in [-0.2, -0.15) is 0 Å². The van der Waals surface area contributed by atoms with Crippen LogP contribution in [0.15, 0.2) is 24.3 Å². The molecule has 114 valence electrons. The second-order valence-corrected chi connectivity index (χ2v) is 6.38. The number of aliphatic carboxylic acids is 1. The maximum absolute atomic E-state index is 11.0. The van der Waals surface area contributed by atoms with Crippen molar-refractivity contribution in [1.29, 1.82) is 0 Å². The van der Waals surface area contributed by atoms with E-state index in [9.17, 15) is 4.79 Å². The molecule has 2 aliphatic rings. The summed E-state index contributed by atoms with van der Waals surface area (Å²) in [5.41, 5.74) is 1.33. The topological polar surface area (TPSA) is 49.8 Å². The first-order chi connectivity index (χ1) is 10.1. The molecule has 1 aliphatic heterocycles. The van der Waals surface area contributed by atoms with Crippen LogP contribution in [0.4, 0.5) is 0 Å². The standard InChI is InChI=1S/C17H23NO3/c1-11(3-4-12-5-7-13(21-2)8-6-12)18-9-14-15(10-18)16(14)17(19)20/h5-8,11,14-16H,3-4,9-10H2,1-2H3,(H,19,20)/t11-,14-,15+,16?/m1/s1. The number of carbonyl (C=O) groups is 1. The Morgan fingerprint density at radius 2 is 1.95 bits per heavy atom. The zero-order valence-electron chi connectivity index (χ0n) is 12.7. The molecule has 4 nitrogen and oxygen atoms in total. The summed E-state index contributed by atoms with van der Waals surface area (Å²) in [6.07, 6.45) is 2.17. The molecule has 1 unspecified atom stereocenters. The van der Waals surface area contributed by atoms with Gasteiger partial charge in [0.05, 0.1) is 13.0 Å².